The third-order valence-electron chi connectivity index (χ3n) is 6.22. The van der Waals surface area contributed by atoms with Crippen LogP contribution in [-0.2, 0) is 7.05 Å². The predicted octanol–water partition coefficient (Wildman–Crippen LogP) is 6.07. The van der Waals surface area contributed by atoms with Crippen LogP contribution < -0.4 is 4.57 Å². The Hall–Kier alpha value is -3.65. The van der Waals surface area contributed by atoms with Gasteiger partial charge in [-0.25, -0.2) is 4.57 Å². The zero-order valence-corrected chi connectivity index (χ0v) is 16.6. The van der Waals surface area contributed by atoms with Gasteiger partial charge in [-0.3, -0.25) is 0 Å². The highest BCUT2D eigenvalue weighted by Gasteiger charge is 2.30. The molecule has 5 aromatic rings. The van der Waals surface area contributed by atoms with Gasteiger partial charge in [0.25, 0.3) is 5.82 Å². The highest BCUT2D eigenvalue weighted by Crippen LogP contribution is 2.36. The first kappa shape index (κ1) is 16.3. The average Bonchev–Trinajstić information content (AvgIpc) is 2.95. The summed E-state index contributed by atoms with van der Waals surface area (Å²) in [7, 11) is 2.18. The van der Waals surface area contributed by atoms with Crippen molar-refractivity contribution in [1.82, 2.24) is 4.57 Å². The molecule has 0 amide bonds. The fourth-order valence-corrected chi connectivity index (χ4v) is 4.78. The van der Waals surface area contributed by atoms with Crippen molar-refractivity contribution < 1.29 is 4.57 Å². The maximum absolute atomic E-state index is 2.44. The van der Waals surface area contributed by atoms with Gasteiger partial charge in [0.15, 0.2) is 11.0 Å². The topological polar surface area (TPSA) is 8.81 Å². The normalized spacial score (nSPS) is 12.3. The Labute approximate surface area is 170 Å². The van der Waals surface area contributed by atoms with Crippen LogP contribution in [0.15, 0.2) is 78.9 Å². The van der Waals surface area contributed by atoms with Crippen LogP contribution in [-0.4, -0.2) is 4.57 Å². The number of aryl methyl sites for hydroxylation is 2. The van der Waals surface area contributed by atoms with Gasteiger partial charge in [-0.15, -0.1) is 0 Å². The first-order chi connectivity index (χ1) is 14.2. The number of hydrogen-bond donors (Lipinski definition) is 0. The second kappa shape index (κ2) is 5.92. The first-order valence-electron chi connectivity index (χ1n) is 10.0. The van der Waals surface area contributed by atoms with Gasteiger partial charge < -0.3 is 0 Å². The van der Waals surface area contributed by atoms with Crippen LogP contribution in [0.4, 0.5) is 0 Å². The van der Waals surface area contributed by atoms with E-state index in [1.807, 2.05) is 0 Å². The van der Waals surface area contributed by atoms with E-state index in [4.69, 9.17) is 0 Å². The summed E-state index contributed by atoms with van der Waals surface area (Å²) in [5.74, 6) is 1.21. The lowest BCUT2D eigenvalue weighted by Crippen LogP contribution is -2.30. The van der Waals surface area contributed by atoms with Crippen LogP contribution in [0, 0.1) is 6.92 Å². The van der Waals surface area contributed by atoms with Crippen molar-refractivity contribution in [2.24, 2.45) is 7.05 Å². The maximum atomic E-state index is 2.44. The lowest BCUT2D eigenvalue weighted by atomic mass is 9.99. The van der Waals surface area contributed by atoms with Gasteiger partial charge >= 0.3 is 0 Å². The minimum atomic E-state index is 1.21. The number of benzene rings is 4. The lowest BCUT2D eigenvalue weighted by Gasteiger charge is -2.10. The fraction of sp³-hybridized carbons (Fsp3) is 0.0741. The van der Waals surface area contributed by atoms with E-state index in [0.717, 1.165) is 0 Å². The van der Waals surface area contributed by atoms with Gasteiger partial charge in [-0.2, -0.15) is 4.57 Å². The van der Waals surface area contributed by atoms with E-state index >= 15 is 0 Å². The van der Waals surface area contributed by atoms with Gasteiger partial charge in [0, 0.05) is 11.1 Å². The molecule has 0 fully saturated rings. The largest absolute Gasteiger partial charge is 0.295 e. The molecular formula is C27H21N2+. The van der Waals surface area contributed by atoms with E-state index in [-0.39, 0.29) is 0 Å². The van der Waals surface area contributed by atoms with Crippen molar-refractivity contribution in [2.75, 3.05) is 0 Å². The third kappa shape index (κ3) is 2.20. The van der Waals surface area contributed by atoms with E-state index in [1.165, 1.54) is 55.6 Å². The number of fused-ring (bicyclic) bond motifs is 3. The van der Waals surface area contributed by atoms with Crippen LogP contribution >= 0.6 is 0 Å². The smallest absolute Gasteiger partial charge is 0.225 e. The van der Waals surface area contributed by atoms with Crippen LogP contribution in [0.1, 0.15) is 16.7 Å². The average molecular weight is 373 g/mol. The Morgan fingerprint density at radius 1 is 0.724 bits per heavy atom. The zero-order chi connectivity index (χ0) is 19.5. The molecule has 0 aliphatic carbocycles. The van der Waals surface area contributed by atoms with E-state index in [1.54, 1.807) is 0 Å². The Balaban J connectivity index is 1.81. The third-order valence-corrected chi connectivity index (χ3v) is 6.22. The summed E-state index contributed by atoms with van der Waals surface area (Å²) >= 11 is 0. The molecule has 4 aromatic carbocycles. The summed E-state index contributed by atoms with van der Waals surface area (Å²) in [4.78, 5) is 0. The fourth-order valence-electron chi connectivity index (χ4n) is 4.78. The quantitative estimate of drug-likeness (QED) is 0.309. The van der Waals surface area contributed by atoms with Crippen LogP contribution in [0.2, 0.25) is 0 Å². The molecule has 0 saturated heterocycles. The van der Waals surface area contributed by atoms with Crippen LogP contribution in [0.3, 0.4) is 0 Å². The molecule has 0 radical (unpaired) electrons. The van der Waals surface area contributed by atoms with E-state index in [9.17, 15) is 0 Å². The summed E-state index contributed by atoms with van der Waals surface area (Å²) in [5, 5.41) is 2.59. The summed E-state index contributed by atoms with van der Waals surface area (Å²) in [6.45, 7) is 2.24. The second-order valence-electron chi connectivity index (χ2n) is 7.78. The predicted molar refractivity (Wildman–Crippen MR) is 121 cm³/mol. The molecule has 0 spiro atoms. The van der Waals surface area contributed by atoms with Crippen molar-refractivity contribution in [3.8, 4) is 17.1 Å². The molecule has 1 aliphatic rings. The molecule has 6 rings (SSSR count). The Morgan fingerprint density at radius 3 is 2.41 bits per heavy atom. The molecule has 2 nitrogen and oxygen atoms in total. The molecule has 0 unspecified atom stereocenters. The molecule has 0 saturated carbocycles. The number of imidazole rings is 1. The van der Waals surface area contributed by atoms with Gasteiger partial charge in [0.1, 0.15) is 5.69 Å². The molecular weight excluding hydrogens is 352 g/mol. The number of para-hydroxylation sites is 2. The van der Waals surface area contributed by atoms with Crippen molar-refractivity contribution in [3.63, 3.8) is 0 Å². The Bertz CT molecular complexity index is 1470. The molecule has 0 atom stereocenters. The second-order valence-corrected chi connectivity index (χ2v) is 7.78. The zero-order valence-electron chi connectivity index (χ0n) is 16.6. The Kier molecular flexibility index (Phi) is 3.33. The van der Waals surface area contributed by atoms with Crippen molar-refractivity contribution in [3.05, 3.63) is 95.6 Å². The Morgan fingerprint density at radius 2 is 1.48 bits per heavy atom. The van der Waals surface area contributed by atoms with E-state index in [0.29, 0.717) is 0 Å². The monoisotopic (exact) mass is 373 g/mol. The van der Waals surface area contributed by atoms with Crippen LogP contribution in [0.25, 0.3) is 51.0 Å². The van der Waals surface area contributed by atoms with E-state index < -0.39 is 0 Å². The van der Waals surface area contributed by atoms with Crippen molar-refractivity contribution >= 4 is 34.0 Å². The van der Waals surface area contributed by atoms with Crippen LogP contribution in [0.5, 0.6) is 0 Å². The summed E-state index contributed by atoms with van der Waals surface area (Å²) in [6, 6.07) is 28.4. The highest BCUT2D eigenvalue weighted by molar-refractivity contribution is 5.95. The number of nitrogens with zero attached hydrogens (tertiary/aromatic N) is 2. The number of rotatable bonds is 1. The minimum Gasteiger partial charge on any atom is -0.225 e. The van der Waals surface area contributed by atoms with E-state index in [2.05, 4.69) is 114 Å². The minimum absolute atomic E-state index is 1.21. The SMILES string of the molecule is Cc1c(-c2n3c4c(cccc4[n+]2C)C=Cc2ccccc2-3)ccc2ccccc12. The van der Waals surface area contributed by atoms with Gasteiger partial charge in [0.2, 0.25) is 0 Å². The molecule has 2 heteroatoms. The molecule has 138 valence electrons. The summed E-state index contributed by atoms with van der Waals surface area (Å²) in [6.07, 6.45) is 4.47. The molecule has 1 aromatic heterocycles. The molecule has 2 heterocycles. The number of hydrogen-bond acceptors (Lipinski definition) is 0. The lowest BCUT2D eigenvalue weighted by molar-refractivity contribution is -0.633. The standard InChI is InChI=1S/C27H21N2/c1-18-22-11-5-3-8-19(22)16-17-23(18)27-28(2)25-13-7-10-21-15-14-20-9-4-6-12-24(20)29(27)26(21)25/h3-17H,1-2H3/q+1. The van der Waals surface area contributed by atoms with Gasteiger partial charge in [-0.05, 0) is 53.6 Å². The maximum Gasteiger partial charge on any atom is 0.295 e. The molecule has 0 N–H and O–H groups in total. The molecule has 29 heavy (non-hydrogen) atoms. The highest BCUT2D eigenvalue weighted by atomic mass is 15.2. The van der Waals surface area contributed by atoms with Gasteiger partial charge in [-0.1, -0.05) is 60.7 Å². The number of aromatic nitrogens is 2. The van der Waals surface area contributed by atoms with Gasteiger partial charge in [0.05, 0.1) is 12.6 Å². The molecule has 0 bridgehead atoms. The van der Waals surface area contributed by atoms with Crippen molar-refractivity contribution in [2.45, 2.75) is 6.92 Å². The molecule has 1 aliphatic heterocycles. The summed E-state index contributed by atoms with van der Waals surface area (Å²) in [5.41, 5.74) is 8.80. The van der Waals surface area contributed by atoms with Crippen molar-refractivity contribution in [1.29, 1.82) is 0 Å². The first-order valence-corrected chi connectivity index (χ1v) is 10.0. The summed E-state index contributed by atoms with van der Waals surface area (Å²) < 4.78 is 4.78.